The summed E-state index contributed by atoms with van der Waals surface area (Å²) in [6.07, 6.45) is 2.51. The Morgan fingerprint density at radius 1 is 1.17 bits per heavy atom. The van der Waals surface area contributed by atoms with Gasteiger partial charge in [0.2, 0.25) is 0 Å². The fourth-order valence-corrected chi connectivity index (χ4v) is 4.65. The summed E-state index contributed by atoms with van der Waals surface area (Å²) < 4.78 is 9.47. The van der Waals surface area contributed by atoms with E-state index < -0.39 is 0 Å². The van der Waals surface area contributed by atoms with Crippen molar-refractivity contribution in [2.75, 3.05) is 6.61 Å². The first kappa shape index (κ1) is 22.2. The molecule has 0 aliphatic carbocycles. The van der Waals surface area contributed by atoms with Crippen molar-refractivity contribution < 1.29 is 4.74 Å². The Labute approximate surface area is 194 Å². The van der Waals surface area contributed by atoms with Gasteiger partial charge in [-0.3, -0.25) is 4.79 Å². The minimum absolute atomic E-state index is 0.0895. The van der Waals surface area contributed by atoms with Crippen molar-refractivity contribution in [1.29, 1.82) is 0 Å². The number of rotatable bonds is 6. The Hall–Kier alpha value is -1.51. The van der Waals surface area contributed by atoms with Crippen LogP contribution in [0.3, 0.4) is 0 Å². The topological polar surface area (TPSA) is 56.5 Å². The molecule has 3 aromatic rings. The molecule has 5 nitrogen and oxygen atoms in total. The number of benzene rings is 2. The van der Waals surface area contributed by atoms with Gasteiger partial charge in [-0.15, -0.1) is 0 Å². The first-order chi connectivity index (χ1) is 13.8. The highest BCUT2D eigenvalue weighted by molar-refractivity contribution is 9.11. The number of fused-ring (bicyclic) bond motifs is 1. The van der Waals surface area contributed by atoms with E-state index in [2.05, 4.69) is 59.8 Å². The van der Waals surface area contributed by atoms with E-state index in [9.17, 15) is 4.79 Å². The Morgan fingerprint density at radius 2 is 1.86 bits per heavy atom. The number of ether oxygens (including phenoxy) is 1. The van der Waals surface area contributed by atoms with Gasteiger partial charge in [-0.05, 0) is 81.1 Å². The van der Waals surface area contributed by atoms with E-state index in [1.165, 1.54) is 4.68 Å². The molecular formula is C21H20Br3N3O2. The molecular weight excluding hydrogens is 566 g/mol. The van der Waals surface area contributed by atoms with Gasteiger partial charge < -0.3 is 4.74 Å². The zero-order valence-electron chi connectivity index (χ0n) is 16.2. The van der Waals surface area contributed by atoms with Crippen molar-refractivity contribution in [3.05, 3.63) is 65.5 Å². The Morgan fingerprint density at radius 3 is 2.48 bits per heavy atom. The third kappa shape index (κ3) is 4.81. The Balaban J connectivity index is 2.13. The second-order valence-electron chi connectivity index (χ2n) is 6.55. The van der Waals surface area contributed by atoms with Crippen LogP contribution in [0.15, 0.2) is 53.6 Å². The largest absolute Gasteiger partial charge is 0.492 e. The molecule has 0 spiro atoms. The molecule has 0 fully saturated rings. The van der Waals surface area contributed by atoms with E-state index in [4.69, 9.17) is 9.72 Å². The first-order valence-corrected chi connectivity index (χ1v) is 11.6. The van der Waals surface area contributed by atoms with Gasteiger partial charge in [0.05, 0.1) is 32.7 Å². The molecule has 0 saturated carbocycles. The molecule has 0 aliphatic heterocycles. The van der Waals surface area contributed by atoms with Gasteiger partial charge in [-0.2, -0.15) is 9.78 Å². The minimum atomic E-state index is -0.188. The maximum Gasteiger partial charge on any atom is 0.282 e. The van der Waals surface area contributed by atoms with Gasteiger partial charge in [0.1, 0.15) is 11.6 Å². The molecule has 0 amide bonds. The standard InChI is InChI=1S/C21H20Br3N3O2/c1-4-12(3)20-26-18-7-6-14(22)10-15(18)21(28)27(20)25-11-13-8-16(23)19(29-5-2)17(24)9-13/h6-12H,4-5H2,1-3H3/t12-/m1/s1. The van der Waals surface area contributed by atoms with Crippen LogP contribution in [-0.2, 0) is 0 Å². The highest BCUT2D eigenvalue weighted by Crippen LogP contribution is 2.34. The van der Waals surface area contributed by atoms with E-state index in [-0.39, 0.29) is 11.5 Å². The Kier molecular flexibility index (Phi) is 7.29. The molecule has 1 atom stereocenters. The van der Waals surface area contributed by atoms with Crippen LogP contribution in [0.5, 0.6) is 5.75 Å². The lowest BCUT2D eigenvalue weighted by Gasteiger charge is -2.14. The van der Waals surface area contributed by atoms with Crippen LogP contribution in [0, 0.1) is 0 Å². The number of halogens is 3. The van der Waals surface area contributed by atoms with Gasteiger partial charge in [0, 0.05) is 10.4 Å². The summed E-state index contributed by atoms with van der Waals surface area (Å²) >= 11 is 10.5. The van der Waals surface area contributed by atoms with Crippen LogP contribution in [0.4, 0.5) is 0 Å². The van der Waals surface area contributed by atoms with E-state index in [0.717, 1.165) is 31.2 Å². The molecule has 1 heterocycles. The average Bonchev–Trinajstić information content (AvgIpc) is 2.69. The highest BCUT2D eigenvalue weighted by atomic mass is 79.9. The summed E-state index contributed by atoms with van der Waals surface area (Å²) in [5.74, 6) is 1.47. The highest BCUT2D eigenvalue weighted by Gasteiger charge is 2.16. The first-order valence-electron chi connectivity index (χ1n) is 9.24. The molecule has 0 N–H and O–H groups in total. The third-order valence-electron chi connectivity index (χ3n) is 4.52. The lowest BCUT2D eigenvalue weighted by molar-refractivity contribution is 0.336. The van der Waals surface area contributed by atoms with Gasteiger partial charge >= 0.3 is 0 Å². The van der Waals surface area contributed by atoms with Crippen LogP contribution < -0.4 is 10.3 Å². The number of aromatic nitrogens is 2. The van der Waals surface area contributed by atoms with Crippen LogP contribution >= 0.6 is 47.8 Å². The molecule has 3 rings (SSSR count). The summed E-state index contributed by atoms with van der Waals surface area (Å²) in [5.41, 5.74) is 1.31. The zero-order chi connectivity index (χ0) is 21.1. The molecule has 1 aromatic heterocycles. The van der Waals surface area contributed by atoms with Crippen molar-refractivity contribution in [1.82, 2.24) is 9.66 Å². The number of hydrogen-bond donors (Lipinski definition) is 0. The maximum absolute atomic E-state index is 13.2. The molecule has 0 radical (unpaired) electrons. The molecule has 29 heavy (non-hydrogen) atoms. The monoisotopic (exact) mass is 583 g/mol. The van der Waals surface area contributed by atoms with Crippen molar-refractivity contribution in [2.45, 2.75) is 33.1 Å². The maximum atomic E-state index is 13.2. The summed E-state index contributed by atoms with van der Waals surface area (Å²) in [5, 5.41) is 5.03. The van der Waals surface area contributed by atoms with E-state index in [0.29, 0.717) is 23.3 Å². The number of nitrogens with zero attached hydrogens (tertiary/aromatic N) is 3. The molecule has 2 aromatic carbocycles. The molecule has 0 aliphatic rings. The predicted molar refractivity (Wildman–Crippen MR) is 128 cm³/mol. The van der Waals surface area contributed by atoms with Crippen molar-refractivity contribution in [3.63, 3.8) is 0 Å². The summed E-state index contributed by atoms with van der Waals surface area (Å²) in [6.45, 7) is 6.61. The molecule has 152 valence electrons. The summed E-state index contributed by atoms with van der Waals surface area (Å²) in [6, 6.07) is 9.32. The summed E-state index contributed by atoms with van der Waals surface area (Å²) in [7, 11) is 0. The molecule has 0 saturated heterocycles. The predicted octanol–water partition coefficient (Wildman–Crippen LogP) is 6.48. The van der Waals surface area contributed by atoms with Crippen LogP contribution in [0.1, 0.15) is 44.5 Å². The zero-order valence-corrected chi connectivity index (χ0v) is 21.0. The van der Waals surface area contributed by atoms with Gasteiger partial charge in [-0.1, -0.05) is 29.8 Å². The molecule has 0 bridgehead atoms. The molecule has 8 heteroatoms. The fourth-order valence-electron chi connectivity index (χ4n) is 2.84. The third-order valence-corrected chi connectivity index (χ3v) is 6.19. The number of hydrogen-bond acceptors (Lipinski definition) is 4. The average molecular weight is 586 g/mol. The van der Waals surface area contributed by atoms with E-state index in [1.807, 2.05) is 38.1 Å². The van der Waals surface area contributed by atoms with Crippen molar-refractivity contribution >= 4 is 64.9 Å². The summed E-state index contributed by atoms with van der Waals surface area (Å²) in [4.78, 5) is 17.9. The fraction of sp³-hybridized carbons (Fsp3) is 0.286. The van der Waals surface area contributed by atoms with Gasteiger partial charge in [-0.25, -0.2) is 4.98 Å². The lowest BCUT2D eigenvalue weighted by atomic mass is 10.1. The van der Waals surface area contributed by atoms with Crippen LogP contribution in [0.2, 0.25) is 0 Å². The quantitative estimate of drug-likeness (QED) is 0.311. The van der Waals surface area contributed by atoms with Gasteiger partial charge in [0.25, 0.3) is 5.56 Å². The SMILES string of the molecule is CCOc1c(Br)cc(C=Nn2c([C@H](C)CC)nc3ccc(Br)cc3c2=O)cc1Br. The second-order valence-corrected chi connectivity index (χ2v) is 9.17. The minimum Gasteiger partial charge on any atom is -0.492 e. The normalized spacial score (nSPS) is 12.6. The van der Waals surface area contributed by atoms with Crippen molar-refractivity contribution in [2.24, 2.45) is 5.10 Å². The van der Waals surface area contributed by atoms with Crippen LogP contribution in [-0.4, -0.2) is 22.5 Å². The molecule has 0 unspecified atom stereocenters. The van der Waals surface area contributed by atoms with E-state index in [1.54, 1.807) is 12.3 Å². The van der Waals surface area contributed by atoms with Gasteiger partial charge in [0.15, 0.2) is 0 Å². The van der Waals surface area contributed by atoms with Crippen LogP contribution in [0.25, 0.3) is 10.9 Å². The smallest absolute Gasteiger partial charge is 0.282 e. The van der Waals surface area contributed by atoms with Crippen molar-refractivity contribution in [3.8, 4) is 5.75 Å². The lowest BCUT2D eigenvalue weighted by Crippen LogP contribution is -2.23. The Bertz CT molecular complexity index is 1120. The second kappa shape index (κ2) is 9.53. The van der Waals surface area contributed by atoms with E-state index >= 15 is 0 Å².